The maximum absolute atomic E-state index is 13.3. The van der Waals surface area contributed by atoms with E-state index in [1.54, 1.807) is 37.3 Å². The first-order valence-electron chi connectivity index (χ1n) is 11.9. The number of hydrogen-bond acceptors (Lipinski definition) is 8. The zero-order valence-electron chi connectivity index (χ0n) is 20.7. The first-order valence-corrected chi connectivity index (χ1v) is 14.1. The van der Waals surface area contributed by atoms with Crippen LogP contribution in [0.5, 0.6) is 17.2 Å². The van der Waals surface area contributed by atoms with E-state index in [2.05, 4.69) is 22.6 Å². The van der Waals surface area contributed by atoms with Crippen molar-refractivity contribution in [2.75, 3.05) is 0 Å². The van der Waals surface area contributed by atoms with Gasteiger partial charge in [0, 0.05) is 11.6 Å². The molecule has 10 heteroatoms. The van der Waals surface area contributed by atoms with Crippen LogP contribution in [0.15, 0.2) is 30.3 Å². The first kappa shape index (κ1) is 27.8. The van der Waals surface area contributed by atoms with Crippen LogP contribution in [0.25, 0.3) is 0 Å². The molecule has 0 fully saturated rings. The van der Waals surface area contributed by atoms with Crippen LogP contribution in [0.2, 0.25) is 0 Å². The molecule has 2 heterocycles. The molecule has 0 spiro atoms. The van der Waals surface area contributed by atoms with E-state index in [4.69, 9.17) is 18.9 Å². The summed E-state index contributed by atoms with van der Waals surface area (Å²) in [6, 6.07) is 8.38. The number of carbonyl (C=O) groups is 4. The molecule has 2 aliphatic heterocycles. The highest BCUT2D eigenvalue weighted by molar-refractivity contribution is 14.1. The van der Waals surface area contributed by atoms with Crippen molar-refractivity contribution in [3.05, 3.63) is 52.6 Å². The fraction of sp³-hybridized carbons (Fsp3) is 0.407. The number of aryl methyl sites for hydroxylation is 1. The van der Waals surface area contributed by atoms with Crippen LogP contribution in [0.4, 0.5) is 0 Å². The summed E-state index contributed by atoms with van der Waals surface area (Å²) in [7, 11) is 0. The summed E-state index contributed by atoms with van der Waals surface area (Å²) in [5, 5.41) is 0. The van der Waals surface area contributed by atoms with Gasteiger partial charge in [-0.1, -0.05) is 71.2 Å². The van der Waals surface area contributed by atoms with Gasteiger partial charge in [-0.05, 0) is 55.9 Å². The third kappa shape index (κ3) is 5.79. The van der Waals surface area contributed by atoms with E-state index in [1.165, 1.54) is 0 Å². The Morgan fingerprint density at radius 2 is 1.76 bits per heavy atom. The molecule has 2 atom stereocenters. The molecule has 2 aromatic rings. The number of alkyl halides is 2. The van der Waals surface area contributed by atoms with Gasteiger partial charge < -0.3 is 18.9 Å². The number of fused-ring (bicyclic) bond motifs is 2. The third-order valence-electron chi connectivity index (χ3n) is 6.68. The number of halogens is 2. The maximum atomic E-state index is 13.3. The fourth-order valence-corrected chi connectivity index (χ4v) is 4.65. The van der Waals surface area contributed by atoms with Gasteiger partial charge in [-0.25, -0.2) is 4.79 Å². The van der Waals surface area contributed by atoms with Crippen molar-refractivity contribution in [2.24, 2.45) is 0 Å². The third-order valence-corrected chi connectivity index (χ3v) is 9.47. The van der Waals surface area contributed by atoms with Gasteiger partial charge in [0.05, 0.1) is 6.42 Å². The van der Waals surface area contributed by atoms with E-state index in [1.807, 2.05) is 36.4 Å². The highest BCUT2D eigenvalue weighted by Gasteiger charge is 2.40. The molecule has 0 bridgehead atoms. The molecule has 8 nitrogen and oxygen atoms in total. The minimum Gasteiger partial charge on any atom is -0.457 e. The minimum absolute atomic E-state index is 0.0336. The second kappa shape index (κ2) is 10.9. The second-order valence-corrected chi connectivity index (χ2v) is 13.7. The van der Waals surface area contributed by atoms with E-state index in [9.17, 15) is 19.2 Å². The van der Waals surface area contributed by atoms with Crippen molar-refractivity contribution >= 4 is 69.1 Å². The predicted molar refractivity (Wildman–Crippen MR) is 151 cm³/mol. The Balaban J connectivity index is 1.57. The summed E-state index contributed by atoms with van der Waals surface area (Å²) in [5.41, 5.74) is 2.44. The second-order valence-electron chi connectivity index (χ2n) is 9.22. The molecule has 0 saturated carbocycles. The van der Waals surface area contributed by atoms with Crippen molar-refractivity contribution in [3.8, 4) is 17.2 Å². The highest BCUT2D eigenvalue weighted by Crippen LogP contribution is 2.39. The molecule has 2 aliphatic rings. The van der Waals surface area contributed by atoms with Gasteiger partial charge in [-0.3, -0.25) is 14.4 Å². The summed E-state index contributed by atoms with van der Waals surface area (Å²) >= 11 is 4.12. The number of esters is 4. The zero-order valence-corrected chi connectivity index (χ0v) is 25.0. The highest BCUT2D eigenvalue weighted by atomic mass is 127. The number of cyclic esters (lactones) is 1. The normalized spacial score (nSPS) is 17.4. The Bertz CT molecular complexity index is 1290. The van der Waals surface area contributed by atoms with Crippen molar-refractivity contribution in [1.29, 1.82) is 0 Å². The standard InChI is InChI=1S/C27H26I2O8/c1-4-26(3,28)24(32)37-19-10-7-16(18-14-34-23(31)22(18)19)13-27(29,5-2)25(33)35-17-9-6-15-8-11-21(30)36-20(15)12-17/h6-7,9-10,12H,4-5,8,11,13-14H2,1-3H3. The topological polar surface area (TPSA) is 105 Å². The predicted octanol–water partition coefficient (Wildman–Crippen LogP) is 5.45. The molecule has 37 heavy (non-hydrogen) atoms. The lowest BCUT2D eigenvalue weighted by Gasteiger charge is -2.25. The maximum Gasteiger partial charge on any atom is 0.342 e. The van der Waals surface area contributed by atoms with Crippen molar-refractivity contribution in [3.63, 3.8) is 0 Å². The van der Waals surface area contributed by atoms with Crippen LogP contribution in [0.1, 0.15) is 67.1 Å². The van der Waals surface area contributed by atoms with Crippen LogP contribution in [-0.2, 0) is 38.6 Å². The lowest BCUT2D eigenvalue weighted by molar-refractivity contribution is -0.137. The monoisotopic (exact) mass is 732 g/mol. The van der Waals surface area contributed by atoms with E-state index < -0.39 is 24.8 Å². The van der Waals surface area contributed by atoms with E-state index >= 15 is 0 Å². The fourth-order valence-electron chi connectivity index (χ4n) is 4.02. The number of carbonyl (C=O) groups excluding carboxylic acids is 4. The molecule has 0 aliphatic carbocycles. The van der Waals surface area contributed by atoms with Gasteiger partial charge in [0.25, 0.3) is 0 Å². The summed E-state index contributed by atoms with van der Waals surface area (Å²) in [4.78, 5) is 50.1. The molecule has 0 aromatic heterocycles. The Labute approximate surface area is 242 Å². The Morgan fingerprint density at radius 3 is 2.46 bits per heavy atom. The molecule has 2 unspecified atom stereocenters. The summed E-state index contributed by atoms with van der Waals surface area (Å²) in [5.74, 6) is -0.932. The molecule has 196 valence electrons. The summed E-state index contributed by atoms with van der Waals surface area (Å²) in [6.45, 7) is 5.57. The van der Waals surface area contributed by atoms with E-state index in [0.29, 0.717) is 37.0 Å². The summed E-state index contributed by atoms with van der Waals surface area (Å²) < 4.78 is 20.2. The molecule has 0 N–H and O–H groups in total. The number of rotatable bonds is 8. The van der Waals surface area contributed by atoms with E-state index in [0.717, 1.165) is 11.1 Å². The van der Waals surface area contributed by atoms with Crippen LogP contribution < -0.4 is 14.2 Å². The van der Waals surface area contributed by atoms with Gasteiger partial charge in [-0.2, -0.15) is 0 Å². The molecule has 0 saturated heterocycles. The Kier molecular flexibility index (Phi) is 8.17. The first-order chi connectivity index (χ1) is 17.5. The lowest BCUT2D eigenvalue weighted by atomic mass is 9.91. The summed E-state index contributed by atoms with van der Waals surface area (Å²) in [6.07, 6.45) is 2.20. The molecule has 4 rings (SSSR count). The van der Waals surface area contributed by atoms with Gasteiger partial charge in [0.15, 0.2) is 0 Å². The van der Waals surface area contributed by atoms with Crippen molar-refractivity contribution in [2.45, 2.75) is 66.3 Å². The van der Waals surface area contributed by atoms with Crippen LogP contribution in [0, 0.1) is 0 Å². The lowest BCUT2D eigenvalue weighted by Crippen LogP contribution is -2.37. The molecular formula is C27H26I2O8. The Hall–Kier alpha value is -2.22. The van der Waals surface area contributed by atoms with Gasteiger partial charge >= 0.3 is 23.9 Å². The number of ether oxygens (including phenoxy) is 4. The SMILES string of the molecule is CCC(C)(I)C(=O)Oc1ccc(CC(I)(CC)C(=O)Oc2ccc3c(c2)OC(=O)CC3)c2c1C(=O)OC2. The average Bonchev–Trinajstić information content (AvgIpc) is 3.27. The van der Waals surface area contributed by atoms with Gasteiger partial charge in [0.1, 0.15) is 36.3 Å². The number of hydrogen-bond donors (Lipinski definition) is 0. The van der Waals surface area contributed by atoms with Gasteiger partial charge in [-0.15, -0.1) is 0 Å². The molecular weight excluding hydrogens is 706 g/mol. The molecule has 0 radical (unpaired) electrons. The number of benzene rings is 2. The van der Waals surface area contributed by atoms with Crippen LogP contribution in [0.3, 0.4) is 0 Å². The minimum atomic E-state index is -0.953. The smallest absolute Gasteiger partial charge is 0.342 e. The zero-order chi connectivity index (χ0) is 27.0. The van der Waals surface area contributed by atoms with Crippen LogP contribution >= 0.6 is 45.2 Å². The quantitative estimate of drug-likeness (QED) is 0.153. The van der Waals surface area contributed by atoms with Crippen molar-refractivity contribution < 1.29 is 38.1 Å². The molecule has 2 aromatic carbocycles. The molecule has 0 amide bonds. The van der Waals surface area contributed by atoms with Crippen LogP contribution in [-0.4, -0.2) is 30.7 Å². The van der Waals surface area contributed by atoms with Gasteiger partial charge in [0.2, 0.25) is 0 Å². The Morgan fingerprint density at radius 1 is 1.00 bits per heavy atom. The van der Waals surface area contributed by atoms with E-state index in [-0.39, 0.29) is 36.1 Å². The average molecular weight is 732 g/mol. The van der Waals surface area contributed by atoms with Crippen molar-refractivity contribution in [1.82, 2.24) is 0 Å². The largest absolute Gasteiger partial charge is 0.457 e.